The van der Waals surface area contributed by atoms with Gasteiger partial charge < -0.3 is 4.74 Å². The van der Waals surface area contributed by atoms with Crippen LogP contribution in [0.25, 0.3) is 0 Å². The first-order valence-corrected chi connectivity index (χ1v) is 6.89. The molecular formula is C12H10F2N2O3S. The molecule has 0 saturated heterocycles. The first-order chi connectivity index (χ1) is 9.44. The van der Waals surface area contributed by atoms with Crippen LogP contribution < -0.4 is 9.46 Å². The highest BCUT2D eigenvalue weighted by Crippen LogP contribution is 2.24. The number of anilines is 1. The van der Waals surface area contributed by atoms with Gasteiger partial charge in [0.2, 0.25) is 5.88 Å². The molecule has 8 heteroatoms. The Hall–Kier alpha value is -2.22. The standard InChI is InChI=1S/C12H10F2N2O3S/c1-19-12-11(3-2-6-15-12)16-20(17,18)8-4-5-9(13)10(14)7-8/h2-7,16H,1H3. The zero-order chi connectivity index (χ0) is 14.8. The highest BCUT2D eigenvalue weighted by Gasteiger charge is 2.18. The van der Waals surface area contributed by atoms with Crippen LogP contribution >= 0.6 is 0 Å². The first kappa shape index (κ1) is 14.2. The number of benzene rings is 1. The van der Waals surface area contributed by atoms with Gasteiger partial charge >= 0.3 is 0 Å². The van der Waals surface area contributed by atoms with Gasteiger partial charge in [0.15, 0.2) is 11.6 Å². The predicted octanol–water partition coefficient (Wildman–Crippen LogP) is 2.17. The summed E-state index contributed by atoms with van der Waals surface area (Å²) in [5.41, 5.74) is 0.0970. The molecule has 0 bridgehead atoms. The van der Waals surface area contributed by atoms with Crippen LogP contribution in [0.1, 0.15) is 0 Å². The van der Waals surface area contributed by atoms with Gasteiger partial charge in [-0.05, 0) is 30.3 Å². The number of hydrogen-bond donors (Lipinski definition) is 1. The molecular weight excluding hydrogens is 290 g/mol. The van der Waals surface area contributed by atoms with Gasteiger partial charge in [0, 0.05) is 6.20 Å². The van der Waals surface area contributed by atoms with Crippen molar-refractivity contribution in [2.75, 3.05) is 11.8 Å². The molecule has 0 unspecified atom stereocenters. The first-order valence-electron chi connectivity index (χ1n) is 5.41. The van der Waals surface area contributed by atoms with E-state index in [1.165, 1.54) is 25.4 Å². The van der Waals surface area contributed by atoms with Crippen molar-refractivity contribution in [3.05, 3.63) is 48.2 Å². The molecule has 106 valence electrons. The molecule has 1 aromatic carbocycles. The lowest BCUT2D eigenvalue weighted by Gasteiger charge is -2.10. The number of hydrogen-bond acceptors (Lipinski definition) is 4. The Morgan fingerprint density at radius 2 is 1.95 bits per heavy atom. The van der Waals surface area contributed by atoms with Crippen LogP contribution in [-0.4, -0.2) is 20.5 Å². The number of pyridine rings is 1. The van der Waals surface area contributed by atoms with Crippen LogP contribution in [0.15, 0.2) is 41.4 Å². The monoisotopic (exact) mass is 300 g/mol. The Morgan fingerprint density at radius 3 is 2.60 bits per heavy atom. The highest BCUT2D eigenvalue weighted by molar-refractivity contribution is 7.92. The molecule has 1 N–H and O–H groups in total. The second kappa shape index (κ2) is 5.41. The molecule has 0 atom stereocenters. The molecule has 0 aliphatic rings. The summed E-state index contributed by atoms with van der Waals surface area (Å²) in [7, 11) is -2.73. The molecule has 2 aromatic rings. The van der Waals surface area contributed by atoms with Crippen molar-refractivity contribution in [2.24, 2.45) is 0 Å². The summed E-state index contributed by atoms with van der Waals surface area (Å²) >= 11 is 0. The summed E-state index contributed by atoms with van der Waals surface area (Å²) in [5.74, 6) is -2.30. The van der Waals surface area contributed by atoms with Gasteiger partial charge in [-0.3, -0.25) is 4.72 Å². The Labute approximate surface area is 114 Å². The van der Waals surface area contributed by atoms with E-state index in [-0.39, 0.29) is 11.6 Å². The van der Waals surface area contributed by atoms with Crippen LogP contribution in [-0.2, 0) is 10.0 Å². The number of methoxy groups -OCH3 is 1. The fraction of sp³-hybridized carbons (Fsp3) is 0.0833. The molecule has 5 nitrogen and oxygen atoms in total. The third-order valence-electron chi connectivity index (χ3n) is 2.41. The van der Waals surface area contributed by atoms with Crippen molar-refractivity contribution in [3.63, 3.8) is 0 Å². The molecule has 1 aromatic heterocycles. The number of aromatic nitrogens is 1. The van der Waals surface area contributed by atoms with Crippen LogP contribution in [0, 0.1) is 11.6 Å². The molecule has 1 heterocycles. The van der Waals surface area contributed by atoms with E-state index in [9.17, 15) is 17.2 Å². The quantitative estimate of drug-likeness (QED) is 0.939. The second-order valence-electron chi connectivity index (χ2n) is 3.74. The van der Waals surface area contributed by atoms with Gasteiger partial charge in [-0.15, -0.1) is 0 Å². The fourth-order valence-corrected chi connectivity index (χ4v) is 2.55. The third-order valence-corrected chi connectivity index (χ3v) is 3.77. The largest absolute Gasteiger partial charge is 0.480 e. The number of ether oxygens (including phenoxy) is 1. The van der Waals surface area contributed by atoms with E-state index in [0.29, 0.717) is 6.07 Å². The zero-order valence-electron chi connectivity index (χ0n) is 10.3. The Morgan fingerprint density at radius 1 is 1.20 bits per heavy atom. The van der Waals surface area contributed by atoms with Crippen molar-refractivity contribution in [1.82, 2.24) is 4.98 Å². The van der Waals surface area contributed by atoms with Crippen LogP contribution in [0.4, 0.5) is 14.5 Å². The summed E-state index contributed by atoms with van der Waals surface area (Å²) in [6.07, 6.45) is 1.42. The molecule has 0 aliphatic carbocycles. The molecule has 0 spiro atoms. The van der Waals surface area contributed by atoms with Crippen LogP contribution in [0.2, 0.25) is 0 Å². The summed E-state index contributed by atoms with van der Waals surface area (Å²) in [5, 5.41) is 0. The molecule has 0 amide bonds. The van der Waals surface area contributed by atoms with E-state index in [1.807, 2.05) is 0 Å². The summed E-state index contributed by atoms with van der Waals surface area (Å²) < 4.78 is 57.1. The average molecular weight is 300 g/mol. The lowest BCUT2D eigenvalue weighted by molar-refractivity contribution is 0.400. The third kappa shape index (κ3) is 2.85. The van der Waals surface area contributed by atoms with Crippen LogP contribution in [0.5, 0.6) is 5.88 Å². The smallest absolute Gasteiger partial charge is 0.262 e. The van der Waals surface area contributed by atoms with Gasteiger partial charge in [-0.1, -0.05) is 0 Å². The summed E-state index contributed by atoms with van der Waals surface area (Å²) in [4.78, 5) is 3.42. The topological polar surface area (TPSA) is 68.3 Å². The SMILES string of the molecule is COc1ncccc1NS(=O)(=O)c1ccc(F)c(F)c1. The summed E-state index contributed by atoms with van der Waals surface area (Å²) in [6, 6.07) is 5.24. The van der Waals surface area contributed by atoms with Gasteiger partial charge in [0.25, 0.3) is 10.0 Å². The van der Waals surface area contributed by atoms with Crippen molar-refractivity contribution in [2.45, 2.75) is 4.90 Å². The second-order valence-corrected chi connectivity index (χ2v) is 5.42. The number of nitrogens with zero attached hydrogens (tertiary/aromatic N) is 1. The van der Waals surface area contributed by atoms with Gasteiger partial charge in [0.05, 0.1) is 12.0 Å². The predicted molar refractivity (Wildman–Crippen MR) is 68.0 cm³/mol. The van der Waals surface area contributed by atoms with E-state index >= 15 is 0 Å². The average Bonchev–Trinajstić information content (AvgIpc) is 2.42. The number of sulfonamides is 1. The number of nitrogens with one attached hydrogen (secondary N) is 1. The van der Waals surface area contributed by atoms with E-state index in [1.54, 1.807) is 0 Å². The number of rotatable bonds is 4. The van der Waals surface area contributed by atoms with Crippen LogP contribution in [0.3, 0.4) is 0 Å². The highest BCUT2D eigenvalue weighted by atomic mass is 32.2. The van der Waals surface area contributed by atoms with Crippen molar-refractivity contribution in [3.8, 4) is 5.88 Å². The molecule has 0 radical (unpaired) electrons. The lowest BCUT2D eigenvalue weighted by atomic mass is 10.3. The van der Waals surface area contributed by atoms with Gasteiger partial charge in [-0.25, -0.2) is 22.2 Å². The molecule has 0 aliphatic heterocycles. The Kier molecular flexibility index (Phi) is 3.84. The zero-order valence-corrected chi connectivity index (χ0v) is 11.1. The van der Waals surface area contributed by atoms with Crippen molar-refractivity contribution >= 4 is 15.7 Å². The minimum absolute atomic E-state index is 0.0682. The van der Waals surface area contributed by atoms with E-state index in [4.69, 9.17) is 4.74 Å². The minimum Gasteiger partial charge on any atom is -0.480 e. The maximum atomic E-state index is 13.1. The fourth-order valence-electron chi connectivity index (χ4n) is 1.48. The summed E-state index contributed by atoms with van der Waals surface area (Å²) in [6.45, 7) is 0. The van der Waals surface area contributed by atoms with Crippen molar-refractivity contribution in [1.29, 1.82) is 0 Å². The maximum absolute atomic E-state index is 13.1. The van der Waals surface area contributed by atoms with E-state index < -0.39 is 26.6 Å². The molecule has 2 rings (SSSR count). The lowest BCUT2D eigenvalue weighted by Crippen LogP contribution is -2.14. The maximum Gasteiger partial charge on any atom is 0.262 e. The Bertz CT molecular complexity index is 735. The van der Waals surface area contributed by atoms with E-state index in [0.717, 1.165) is 12.1 Å². The van der Waals surface area contributed by atoms with Gasteiger partial charge in [-0.2, -0.15) is 0 Å². The normalized spacial score (nSPS) is 11.2. The van der Waals surface area contributed by atoms with E-state index in [2.05, 4.69) is 9.71 Å². The molecule has 20 heavy (non-hydrogen) atoms. The Balaban J connectivity index is 2.38. The van der Waals surface area contributed by atoms with Crippen molar-refractivity contribution < 1.29 is 21.9 Å². The van der Waals surface area contributed by atoms with Gasteiger partial charge in [0.1, 0.15) is 5.69 Å². The minimum atomic E-state index is -4.06. The molecule has 0 fully saturated rings. The molecule has 0 saturated carbocycles. The number of halogens is 2.